The van der Waals surface area contributed by atoms with Crippen molar-refractivity contribution in [3.8, 4) is 5.75 Å². The van der Waals surface area contributed by atoms with Crippen molar-refractivity contribution in [3.63, 3.8) is 0 Å². The van der Waals surface area contributed by atoms with Crippen molar-refractivity contribution in [2.24, 2.45) is 0 Å². The minimum absolute atomic E-state index is 0.131. The van der Waals surface area contributed by atoms with E-state index in [4.69, 9.17) is 9.47 Å². The Kier molecular flexibility index (Phi) is 4.25. The predicted octanol–water partition coefficient (Wildman–Crippen LogP) is 1.93. The first-order valence-corrected chi connectivity index (χ1v) is 6.92. The number of esters is 1. The van der Waals surface area contributed by atoms with E-state index in [2.05, 4.69) is 0 Å². The first-order valence-electron chi connectivity index (χ1n) is 5.77. The molecular weight excluding hydrogens is 252 g/mol. The van der Waals surface area contributed by atoms with Crippen LogP contribution in [0.2, 0.25) is 0 Å². The normalized spacial score (nSPS) is 14.7. The van der Waals surface area contributed by atoms with E-state index in [1.54, 1.807) is 43.0 Å². The van der Waals surface area contributed by atoms with Gasteiger partial charge in [-0.1, -0.05) is 12.1 Å². The fourth-order valence-electron chi connectivity index (χ4n) is 1.53. The number of rotatable bonds is 5. The second-order valence-corrected chi connectivity index (χ2v) is 4.90. The number of carbonyl (C=O) groups is 2. The van der Waals surface area contributed by atoms with Gasteiger partial charge >= 0.3 is 5.97 Å². The van der Waals surface area contributed by atoms with Crippen molar-refractivity contribution in [2.75, 3.05) is 18.1 Å². The number of ketones is 1. The van der Waals surface area contributed by atoms with Crippen molar-refractivity contribution in [1.29, 1.82) is 0 Å². The molecule has 96 valence electrons. The molecule has 1 heterocycles. The van der Waals surface area contributed by atoms with E-state index >= 15 is 0 Å². The van der Waals surface area contributed by atoms with E-state index in [0.29, 0.717) is 5.75 Å². The average Bonchev–Trinajstić information content (AvgIpc) is 2.34. The highest BCUT2D eigenvalue weighted by Gasteiger charge is 2.25. The Hall–Kier alpha value is -1.49. The molecule has 1 fully saturated rings. The Morgan fingerprint density at radius 1 is 1.33 bits per heavy atom. The van der Waals surface area contributed by atoms with Crippen molar-refractivity contribution in [2.45, 2.75) is 13.0 Å². The molecule has 0 saturated carbocycles. The molecule has 1 saturated heterocycles. The largest absolute Gasteiger partial charge is 0.488 e. The first-order chi connectivity index (χ1) is 8.72. The van der Waals surface area contributed by atoms with Gasteiger partial charge in [0.15, 0.2) is 0 Å². The smallest absolute Gasteiger partial charge is 0.379 e. The topological polar surface area (TPSA) is 52.6 Å². The number of benzene rings is 1. The van der Waals surface area contributed by atoms with Gasteiger partial charge in [0.25, 0.3) is 5.78 Å². The first kappa shape index (κ1) is 13.0. The summed E-state index contributed by atoms with van der Waals surface area (Å²) < 4.78 is 10.4. The number of Topliss-reactive ketones (excluding diaryl/α,β-unsaturated/α-hetero) is 1. The SMILES string of the molecule is CCOC(=O)C(=O)c1ccccc1OC1CSC1. The molecule has 1 aromatic rings. The predicted molar refractivity (Wildman–Crippen MR) is 69.1 cm³/mol. The molecular formula is C13H14O4S. The molecule has 1 aromatic carbocycles. The molecule has 0 unspecified atom stereocenters. The van der Waals surface area contributed by atoms with E-state index < -0.39 is 11.8 Å². The molecule has 1 aliphatic rings. The minimum atomic E-state index is -0.837. The Bertz CT molecular complexity index is 454. The van der Waals surface area contributed by atoms with Crippen LogP contribution in [0.3, 0.4) is 0 Å². The maximum absolute atomic E-state index is 11.9. The van der Waals surface area contributed by atoms with E-state index in [0.717, 1.165) is 11.5 Å². The lowest BCUT2D eigenvalue weighted by Gasteiger charge is -2.26. The molecule has 0 radical (unpaired) electrons. The number of hydrogen-bond donors (Lipinski definition) is 0. The van der Waals surface area contributed by atoms with Crippen LogP contribution < -0.4 is 4.74 Å². The lowest BCUT2D eigenvalue weighted by Crippen LogP contribution is -2.32. The van der Waals surface area contributed by atoms with E-state index in [9.17, 15) is 9.59 Å². The van der Waals surface area contributed by atoms with Crippen LogP contribution in [0, 0.1) is 0 Å². The van der Waals surface area contributed by atoms with Gasteiger partial charge in [-0.3, -0.25) is 4.79 Å². The van der Waals surface area contributed by atoms with Crippen LogP contribution in [-0.2, 0) is 9.53 Å². The molecule has 4 nitrogen and oxygen atoms in total. The highest BCUT2D eigenvalue weighted by Crippen LogP contribution is 2.26. The van der Waals surface area contributed by atoms with Crippen LogP contribution in [0.25, 0.3) is 0 Å². The van der Waals surface area contributed by atoms with Crippen molar-refractivity contribution in [1.82, 2.24) is 0 Å². The number of carbonyl (C=O) groups excluding carboxylic acids is 2. The Balaban J connectivity index is 2.15. The van der Waals surface area contributed by atoms with Crippen molar-refractivity contribution < 1.29 is 19.1 Å². The molecule has 2 rings (SSSR count). The van der Waals surface area contributed by atoms with E-state index in [-0.39, 0.29) is 18.3 Å². The van der Waals surface area contributed by atoms with Crippen LogP contribution in [0.5, 0.6) is 5.75 Å². The van der Waals surface area contributed by atoms with Gasteiger partial charge in [0.05, 0.1) is 12.2 Å². The zero-order valence-corrected chi connectivity index (χ0v) is 10.9. The molecule has 0 N–H and O–H groups in total. The molecule has 0 spiro atoms. The van der Waals surface area contributed by atoms with Gasteiger partial charge in [-0.05, 0) is 19.1 Å². The minimum Gasteiger partial charge on any atom is -0.488 e. The highest BCUT2D eigenvalue weighted by atomic mass is 32.2. The standard InChI is InChI=1S/C13H14O4S/c1-2-16-13(15)12(14)10-5-3-4-6-11(10)17-9-7-18-8-9/h3-6,9H,2,7-8H2,1H3. The Morgan fingerprint density at radius 2 is 2.06 bits per heavy atom. The van der Waals surface area contributed by atoms with Crippen LogP contribution in [0.4, 0.5) is 0 Å². The maximum Gasteiger partial charge on any atom is 0.379 e. The van der Waals surface area contributed by atoms with Crippen LogP contribution in [0.15, 0.2) is 24.3 Å². The molecule has 0 aliphatic carbocycles. The summed E-state index contributed by atoms with van der Waals surface area (Å²) in [5.74, 6) is 0.806. The van der Waals surface area contributed by atoms with Gasteiger partial charge < -0.3 is 9.47 Å². The summed E-state index contributed by atoms with van der Waals surface area (Å²) in [6, 6.07) is 6.77. The maximum atomic E-state index is 11.9. The summed E-state index contributed by atoms with van der Waals surface area (Å²) in [6.07, 6.45) is 0.131. The Labute approximate surface area is 110 Å². The average molecular weight is 266 g/mol. The zero-order valence-electron chi connectivity index (χ0n) is 10.0. The Morgan fingerprint density at radius 3 is 2.67 bits per heavy atom. The quantitative estimate of drug-likeness (QED) is 0.463. The summed E-state index contributed by atoms with van der Waals surface area (Å²) in [6.45, 7) is 1.85. The molecule has 1 aliphatic heterocycles. The summed E-state index contributed by atoms with van der Waals surface area (Å²) in [5.41, 5.74) is 0.271. The number of hydrogen-bond acceptors (Lipinski definition) is 5. The van der Waals surface area contributed by atoms with Crippen molar-refractivity contribution in [3.05, 3.63) is 29.8 Å². The second kappa shape index (κ2) is 5.91. The number of ether oxygens (including phenoxy) is 2. The van der Waals surface area contributed by atoms with Gasteiger partial charge in [0.1, 0.15) is 11.9 Å². The second-order valence-electron chi connectivity index (χ2n) is 3.82. The van der Waals surface area contributed by atoms with Crippen LogP contribution in [-0.4, -0.2) is 36.0 Å². The summed E-state index contributed by atoms with van der Waals surface area (Å²) in [7, 11) is 0. The van der Waals surface area contributed by atoms with Gasteiger partial charge in [-0.15, -0.1) is 0 Å². The van der Waals surface area contributed by atoms with Crippen LogP contribution >= 0.6 is 11.8 Å². The van der Waals surface area contributed by atoms with E-state index in [1.807, 2.05) is 0 Å². The van der Waals surface area contributed by atoms with Crippen molar-refractivity contribution >= 4 is 23.5 Å². The fourth-order valence-corrected chi connectivity index (χ4v) is 2.09. The highest BCUT2D eigenvalue weighted by molar-refractivity contribution is 8.00. The molecule has 0 aromatic heterocycles. The van der Waals surface area contributed by atoms with Gasteiger partial charge in [0.2, 0.25) is 0 Å². The third-order valence-corrected chi connectivity index (χ3v) is 3.71. The third kappa shape index (κ3) is 2.85. The monoisotopic (exact) mass is 266 g/mol. The van der Waals surface area contributed by atoms with Gasteiger partial charge in [-0.2, -0.15) is 11.8 Å². The van der Waals surface area contributed by atoms with E-state index in [1.165, 1.54) is 0 Å². The van der Waals surface area contributed by atoms with Gasteiger partial charge in [-0.25, -0.2) is 4.79 Å². The molecule has 0 bridgehead atoms. The molecule has 18 heavy (non-hydrogen) atoms. The summed E-state index contributed by atoms with van der Waals surface area (Å²) in [5, 5.41) is 0. The molecule has 0 atom stereocenters. The summed E-state index contributed by atoms with van der Waals surface area (Å²) >= 11 is 1.79. The zero-order chi connectivity index (χ0) is 13.0. The summed E-state index contributed by atoms with van der Waals surface area (Å²) in [4.78, 5) is 23.3. The lowest BCUT2D eigenvalue weighted by molar-refractivity contribution is -0.137. The fraction of sp³-hybridized carbons (Fsp3) is 0.385. The number of thioether (sulfide) groups is 1. The molecule has 5 heteroatoms. The number of para-hydroxylation sites is 1. The van der Waals surface area contributed by atoms with Gasteiger partial charge in [0, 0.05) is 11.5 Å². The molecule has 0 amide bonds. The van der Waals surface area contributed by atoms with Crippen LogP contribution in [0.1, 0.15) is 17.3 Å². The lowest BCUT2D eigenvalue weighted by atomic mass is 10.1. The third-order valence-electron chi connectivity index (χ3n) is 2.49.